The van der Waals surface area contributed by atoms with Crippen molar-refractivity contribution in [3.63, 3.8) is 0 Å². The van der Waals surface area contributed by atoms with Crippen molar-refractivity contribution in [2.24, 2.45) is 0 Å². The Labute approximate surface area is 152 Å². The average molecular weight is 383 g/mol. The quantitative estimate of drug-likeness (QED) is 0.438. The Morgan fingerprint density at radius 1 is 1.31 bits per heavy atom. The molecule has 0 fully saturated rings. The van der Waals surface area contributed by atoms with Gasteiger partial charge in [0, 0.05) is 20.6 Å². The third-order valence-corrected chi connectivity index (χ3v) is 4.63. The molecule has 1 aromatic rings. The fourth-order valence-electron chi connectivity index (χ4n) is 1.75. The third kappa shape index (κ3) is 6.30. The second kappa shape index (κ2) is 9.68. The normalized spacial score (nSPS) is 10.7. The van der Waals surface area contributed by atoms with E-state index in [1.54, 1.807) is 0 Å². The van der Waals surface area contributed by atoms with Crippen molar-refractivity contribution >= 4 is 27.8 Å². The number of ether oxygens (including phenoxy) is 1. The van der Waals surface area contributed by atoms with Crippen molar-refractivity contribution in [3.05, 3.63) is 42.5 Å². The van der Waals surface area contributed by atoms with Gasteiger partial charge in [0.1, 0.15) is 0 Å². The number of rotatable bonds is 9. The van der Waals surface area contributed by atoms with Gasteiger partial charge in [-0.25, -0.2) is 17.9 Å². The minimum Gasteiger partial charge on any atom is -0.452 e. The highest BCUT2D eigenvalue weighted by Crippen LogP contribution is 2.12. The molecule has 26 heavy (non-hydrogen) atoms. The Morgan fingerprint density at radius 3 is 2.62 bits per heavy atom. The van der Waals surface area contributed by atoms with Crippen molar-refractivity contribution in [1.29, 1.82) is 0 Å². The summed E-state index contributed by atoms with van der Waals surface area (Å²) in [4.78, 5) is 36.1. The highest BCUT2D eigenvalue weighted by molar-refractivity contribution is 7.89. The number of carbonyl (C=O) groups is 3. The van der Waals surface area contributed by atoms with Crippen molar-refractivity contribution in [3.8, 4) is 0 Å². The van der Waals surface area contributed by atoms with Crippen molar-refractivity contribution in [1.82, 2.24) is 14.9 Å². The van der Waals surface area contributed by atoms with E-state index in [9.17, 15) is 22.8 Å². The number of nitrogens with one attached hydrogen (secondary N) is 2. The molecule has 0 aliphatic heterocycles. The van der Waals surface area contributed by atoms with Crippen LogP contribution in [0.4, 0.5) is 0 Å². The molecule has 2 N–H and O–H groups in total. The number of likely N-dealkylation sites (N-methyl/N-ethyl adjacent to an activating group) is 2. The summed E-state index contributed by atoms with van der Waals surface area (Å²) in [5, 5.41) is 2.37. The molecule has 2 amide bonds. The lowest BCUT2D eigenvalue weighted by molar-refractivity contribution is -0.137. The number of benzene rings is 1. The summed E-state index contributed by atoms with van der Waals surface area (Å²) in [6.07, 6.45) is 1.39. The van der Waals surface area contributed by atoms with Crippen LogP contribution in [0.25, 0.3) is 0 Å². The highest BCUT2D eigenvalue weighted by Gasteiger charge is 2.18. The molecule has 0 spiro atoms. The van der Waals surface area contributed by atoms with E-state index in [1.807, 2.05) is 0 Å². The molecular weight excluding hydrogens is 362 g/mol. The van der Waals surface area contributed by atoms with Gasteiger partial charge >= 0.3 is 5.97 Å². The Morgan fingerprint density at radius 2 is 2.00 bits per heavy atom. The maximum Gasteiger partial charge on any atom is 0.338 e. The Bertz CT molecular complexity index is 791. The molecule has 1 aromatic carbocycles. The minimum absolute atomic E-state index is 0.0202. The average Bonchev–Trinajstić information content (AvgIpc) is 2.63. The largest absolute Gasteiger partial charge is 0.452 e. The van der Waals surface area contributed by atoms with E-state index < -0.39 is 28.5 Å². The third-order valence-electron chi connectivity index (χ3n) is 3.21. The number of sulfonamides is 1. The van der Waals surface area contributed by atoms with Crippen molar-refractivity contribution in [2.45, 2.75) is 4.90 Å². The van der Waals surface area contributed by atoms with Crippen LogP contribution in [0.15, 0.2) is 41.8 Å². The first-order valence-electron chi connectivity index (χ1n) is 7.53. The molecule has 1 rings (SSSR count). The van der Waals surface area contributed by atoms with Crippen molar-refractivity contribution in [2.75, 3.05) is 33.8 Å². The maximum atomic E-state index is 12.0. The summed E-state index contributed by atoms with van der Waals surface area (Å²) in [6, 6.07) is 5.23. The van der Waals surface area contributed by atoms with E-state index >= 15 is 0 Å². The van der Waals surface area contributed by atoms with Gasteiger partial charge in [0.2, 0.25) is 15.9 Å². The van der Waals surface area contributed by atoms with Crippen LogP contribution in [0.1, 0.15) is 10.4 Å². The second-order valence-corrected chi connectivity index (χ2v) is 6.93. The fraction of sp³-hybridized carbons (Fsp3) is 0.312. The van der Waals surface area contributed by atoms with Gasteiger partial charge in [0.05, 0.1) is 17.0 Å². The van der Waals surface area contributed by atoms with Crippen LogP contribution in [0.3, 0.4) is 0 Å². The molecule has 0 aliphatic carbocycles. The van der Waals surface area contributed by atoms with Gasteiger partial charge in [-0.1, -0.05) is 12.1 Å². The van der Waals surface area contributed by atoms with E-state index in [0.29, 0.717) is 0 Å². The number of esters is 1. The molecule has 9 nitrogen and oxygen atoms in total. The fourth-order valence-corrected chi connectivity index (χ4v) is 2.79. The second-order valence-electron chi connectivity index (χ2n) is 5.17. The number of amides is 2. The first-order chi connectivity index (χ1) is 12.2. The highest BCUT2D eigenvalue weighted by atomic mass is 32.2. The van der Waals surface area contributed by atoms with Crippen LogP contribution in [-0.4, -0.2) is 64.9 Å². The molecule has 0 atom stereocenters. The molecule has 0 saturated carbocycles. The summed E-state index contributed by atoms with van der Waals surface area (Å²) in [6.45, 7) is 2.72. The topological polar surface area (TPSA) is 122 Å². The minimum atomic E-state index is -3.79. The molecule has 0 radical (unpaired) electrons. The van der Waals surface area contributed by atoms with Gasteiger partial charge < -0.3 is 15.0 Å². The van der Waals surface area contributed by atoms with Gasteiger partial charge in [-0.15, -0.1) is 6.58 Å². The first kappa shape index (κ1) is 21.3. The van der Waals surface area contributed by atoms with Crippen LogP contribution in [-0.2, 0) is 24.3 Å². The lowest BCUT2D eigenvalue weighted by Crippen LogP contribution is -2.39. The molecule has 0 unspecified atom stereocenters. The molecule has 0 saturated heterocycles. The van der Waals surface area contributed by atoms with Gasteiger partial charge in [0.25, 0.3) is 5.91 Å². The Hall–Kier alpha value is -2.72. The van der Waals surface area contributed by atoms with Crippen LogP contribution in [0.2, 0.25) is 0 Å². The number of carbonyl (C=O) groups excluding carboxylic acids is 3. The molecule has 0 aliphatic rings. The van der Waals surface area contributed by atoms with E-state index in [4.69, 9.17) is 4.74 Å². The van der Waals surface area contributed by atoms with E-state index in [1.165, 1.54) is 38.4 Å². The van der Waals surface area contributed by atoms with Crippen LogP contribution in [0, 0.1) is 0 Å². The molecule has 142 valence electrons. The summed E-state index contributed by atoms with van der Waals surface area (Å²) in [5.41, 5.74) is -0.0202. The first-order valence-corrected chi connectivity index (χ1v) is 9.02. The van der Waals surface area contributed by atoms with Gasteiger partial charge in [0.15, 0.2) is 6.61 Å². The monoisotopic (exact) mass is 383 g/mol. The van der Waals surface area contributed by atoms with Crippen molar-refractivity contribution < 1.29 is 27.5 Å². The van der Waals surface area contributed by atoms with E-state index in [-0.39, 0.29) is 29.5 Å². The van der Waals surface area contributed by atoms with E-state index in [2.05, 4.69) is 16.6 Å². The molecule has 0 aromatic heterocycles. The standard InChI is InChI=1S/C16H21N3O6S/c1-4-8-18-26(23,24)13-7-5-6-12(9-13)16(22)25-11-15(21)19(3)10-14(20)17-2/h4-7,9,18H,1,8,10-11H2,2-3H3,(H,17,20). The van der Waals surface area contributed by atoms with Gasteiger partial charge in [-0.3, -0.25) is 9.59 Å². The van der Waals surface area contributed by atoms with Crippen LogP contribution >= 0.6 is 0 Å². The smallest absolute Gasteiger partial charge is 0.338 e. The summed E-state index contributed by atoms with van der Waals surface area (Å²) >= 11 is 0. The zero-order chi connectivity index (χ0) is 19.7. The summed E-state index contributed by atoms with van der Waals surface area (Å²) < 4.78 is 31.3. The Balaban J connectivity index is 2.74. The lowest BCUT2D eigenvalue weighted by Gasteiger charge is -2.16. The van der Waals surface area contributed by atoms with Gasteiger partial charge in [-0.05, 0) is 18.2 Å². The zero-order valence-corrected chi connectivity index (χ0v) is 15.3. The number of hydrogen-bond acceptors (Lipinski definition) is 6. The predicted molar refractivity (Wildman–Crippen MR) is 93.8 cm³/mol. The SMILES string of the molecule is C=CCNS(=O)(=O)c1cccc(C(=O)OCC(=O)N(C)CC(=O)NC)c1. The molecule has 0 heterocycles. The maximum absolute atomic E-state index is 12.0. The zero-order valence-electron chi connectivity index (χ0n) is 14.5. The molecule has 0 bridgehead atoms. The molecular formula is C16H21N3O6S. The van der Waals surface area contributed by atoms with E-state index in [0.717, 1.165) is 11.0 Å². The summed E-state index contributed by atoms with van der Waals surface area (Å²) in [5.74, 6) is -1.79. The summed E-state index contributed by atoms with van der Waals surface area (Å²) in [7, 11) is -0.959. The van der Waals surface area contributed by atoms with Crippen LogP contribution in [0.5, 0.6) is 0 Å². The number of nitrogens with zero attached hydrogens (tertiary/aromatic N) is 1. The molecule has 10 heteroatoms. The van der Waals surface area contributed by atoms with Crippen LogP contribution < -0.4 is 10.0 Å². The Kier molecular flexibility index (Phi) is 7.94. The predicted octanol–water partition coefficient (Wildman–Crippen LogP) is -0.488. The van der Waals surface area contributed by atoms with Gasteiger partial charge in [-0.2, -0.15) is 0 Å². The number of hydrogen-bond donors (Lipinski definition) is 2. The lowest BCUT2D eigenvalue weighted by atomic mass is 10.2.